The number of carbonyl (C=O) groups excluding carboxylic acids is 7. The van der Waals surface area contributed by atoms with Crippen LogP contribution in [0.2, 0.25) is 10.0 Å². The van der Waals surface area contributed by atoms with E-state index in [1.54, 1.807) is 25.1 Å². The van der Waals surface area contributed by atoms with Crippen LogP contribution in [-0.4, -0.2) is 144 Å². The van der Waals surface area contributed by atoms with E-state index in [4.69, 9.17) is 27.9 Å². The summed E-state index contributed by atoms with van der Waals surface area (Å²) in [5.74, 6) is -6.13. The molecule has 4 rings (SSSR count). The van der Waals surface area contributed by atoms with Gasteiger partial charge in [0.15, 0.2) is 0 Å². The molecule has 7 amide bonds. The minimum atomic E-state index is -5.14. The highest BCUT2D eigenvalue weighted by Gasteiger charge is 2.65. The number of amides is 7. The summed E-state index contributed by atoms with van der Waals surface area (Å²) in [5.41, 5.74) is -2.80. The summed E-state index contributed by atoms with van der Waals surface area (Å²) >= 11 is 12.7. The fraction of sp³-hybridized carbons (Fsp3) is 0.690. The normalized spacial score (nSPS) is 27.6. The molecule has 63 heavy (non-hydrogen) atoms. The van der Waals surface area contributed by atoms with Crippen molar-refractivity contribution in [3.63, 3.8) is 0 Å². The molecule has 15 nitrogen and oxygen atoms in total. The van der Waals surface area contributed by atoms with Gasteiger partial charge in [0.25, 0.3) is 5.91 Å². The van der Waals surface area contributed by atoms with Crippen molar-refractivity contribution in [2.24, 2.45) is 5.92 Å². The molecular formula is C42H59Cl2F4N7O8. The van der Waals surface area contributed by atoms with E-state index in [2.05, 4.69) is 21.3 Å². The predicted octanol–water partition coefficient (Wildman–Crippen LogP) is 3.86. The summed E-state index contributed by atoms with van der Waals surface area (Å²) in [4.78, 5) is 100.0. The molecule has 0 aliphatic carbocycles. The molecule has 3 aliphatic rings. The Morgan fingerprint density at radius 2 is 1.73 bits per heavy atom. The van der Waals surface area contributed by atoms with E-state index in [0.717, 1.165) is 4.90 Å². The first kappa shape index (κ1) is 51.4. The molecule has 0 aromatic heterocycles. The number of nitrogens with zero attached hydrogens (tertiary/aromatic N) is 3. The Morgan fingerprint density at radius 3 is 2.35 bits per heavy atom. The molecule has 3 heterocycles. The second-order valence-corrected chi connectivity index (χ2v) is 17.8. The van der Waals surface area contributed by atoms with Gasteiger partial charge in [-0.15, -0.1) is 0 Å². The molecule has 0 radical (unpaired) electrons. The zero-order valence-corrected chi connectivity index (χ0v) is 37.9. The highest BCUT2D eigenvalue weighted by molar-refractivity contribution is 6.33. The quantitative estimate of drug-likeness (QED) is 0.255. The molecule has 3 aliphatic heterocycles. The van der Waals surface area contributed by atoms with Crippen molar-refractivity contribution in [1.82, 2.24) is 36.0 Å². The van der Waals surface area contributed by atoms with E-state index in [9.17, 15) is 51.1 Å². The van der Waals surface area contributed by atoms with Crippen molar-refractivity contribution in [2.45, 2.75) is 146 Å². The van der Waals surface area contributed by atoms with Crippen molar-refractivity contribution < 1.29 is 55.9 Å². The average molecular weight is 937 g/mol. The van der Waals surface area contributed by atoms with Gasteiger partial charge in [-0.05, 0) is 88.0 Å². The summed E-state index contributed by atoms with van der Waals surface area (Å²) in [5, 5.41) is 11.3. The summed E-state index contributed by atoms with van der Waals surface area (Å²) in [6.07, 6.45) is -7.38. The van der Waals surface area contributed by atoms with Crippen molar-refractivity contribution in [3.05, 3.63) is 33.8 Å². The number of halogens is 6. The van der Waals surface area contributed by atoms with Gasteiger partial charge in [0.1, 0.15) is 42.4 Å². The Kier molecular flexibility index (Phi) is 18.0. The van der Waals surface area contributed by atoms with Crippen molar-refractivity contribution in [3.8, 4) is 0 Å². The SMILES string of the molecule is CC[C@H](NC(=O)[C@@H]1C[C@@H](F)CN1C(=O)C1(C(F)(F)F)CCCCO1)C(=O)N(C)[C@H]1CCCCNC(=O)[C@@H](C)NC(=O)[C@H](Cc2cc(Cl)ccc2Cl)N(C)C(=O)[C@H](CC(C)C)NC1=O. The lowest BCUT2D eigenvalue weighted by molar-refractivity contribution is -0.281. The molecule has 21 heteroatoms. The molecule has 1 aromatic rings. The van der Waals surface area contributed by atoms with E-state index in [1.807, 2.05) is 13.8 Å². The maximum absolute atomic E-state index is 14.9. The summed E-state index contributed by atoms with van der Waals surface area (Å²) < 4.78 is 63.1. The smallest absolute Gasteiger partial charge is 0.357 e. The van der Waals surface area contributed by atoms with Gasteiger partial charge in [-0.1, -0.05) is 44.0 Å². The number of ether oxygens (including phenoxy) is 1. The second kappa shape index (κ2) is 22.1. The first-order valence-electron chi connectivity index (χ1n) is 21.3. The number of nitrogens with one attached hydrogen (secondary N) is 4. The molecule has 0 spiro atoms. The molecule has 1 aromatic carbocycles. The van der Waals surface area contributed by atoms with Gasteiger partial charge in [0, 0.05) is 50.1 Å². The summed E-state index contributed by atoms with van der Waals surface area (Å²) in [7, 11) is 2.70. The van der Waals surface area contributed by atoms with Gasteiger partial charge < -0.3 is 40.7 Å². The largest absolute Gasteiger partial charge is 0.426 e. The fourth-order valence-electron chi connectivity index (χ4n) is 8.18. The Balaban J connectivity index is 1.61. The summed E-state index contributed by atoms with van der Waals surface area (Å²) in [6.45, 7) is 5.69. The van der Waals surface area contributed by atoms with Crippen LogP contribution in [0, 0.1) is 5.92 Å². The number of likely N-dealkylation sites (tertiary alicyclic amines) is 1. The van der Waals surface area contributed by atoms with Gasteiger partial charge in [0.2, 0.25) is 41.0 Å². The number of carbonyl (C=O) groups is 7. The standard InChI is InChI=1S/C42H59Cl2F4N7O8/c1-7-29(51-37(59)33-21-27(45)22-55(33)40(62)41(42(46,47)48)15-9-11-17-63-41)38(60)53(5)31-12-8-10-16-49-34(56)24(4)50-36(58)32(20-25-19-26(43)13-14-28(25)44)54(6)39(61)30(18-23(2)3)52-35(31)57/h13-14,19,23-24,27,29-33H,7-12,15-18,20-22H2,1-6H3,(H,49,56)(H,50,58)(H,51,59)(H,52,57)/t24-,27-,29+,30+,31+,32+,33+,41?/m1/s1. The Morgan fingerprint density at radius 1 is 1.03 bits per heavy atom. The van der Waals surface area contributed by atoms with E-state index in [-0.39, 0.29) is 69.0 Å². The third kappa shape index (κ3) is 12.5. The highest BCUT2D eigenvalue weighted by Crippen LogP contribution is 2.43. The number of rotatable bonds is 10. The minimum absolute atomic E-state index is 0.0242. The second-order valence-electron chi connectivity index (χ2n) is 17.0. The molecule has 0 saturated carbocycles. The highest BCUT2D eigenvalue weighted by atomic mass is 35.5. The lowest BCUT2D eigenvalue weighted by atomic mass is 9.91. The first-order valence-corrected chi connectivity index (χ1v) is 22.1. The maximum Gasteiger partial charge on any atom is 0.426 e. The zero-order valence-electron chi connectivity index (χ0n) is 36.4. The average Bonchev–Trinajstić information content (AvgIpc) is 3.63. The van der Waals surface area contributed by atoms with Gasteiger partial charge in [-0.2, -0.15) is 13.2 Å². The predicted molar refractivity (Wildman–Crippen MR) is 225 cm³/mol. The molecule has 4 N–H and O–H groups in total. The number of benzene rings is 1. The van der Waals surface area contributed by atoms with Crippen LogP contribution >= 0.6 is 23.2 Å². The monoisotopic (exact) mass is 935 g/mol. The molecule has 352 valence electrons. The van der Waals surface area contributed by atoms with Crippen LogP contribution < -0.4 is 21.3 Å². The van der Waals surface area contributed by atoms with Crippen LogP contribution in [0.5, 0.6) is 0 Å². The zero-order chi connectivity index (χ0) is 47.0. The van der Waals surface area contributed by atoms with Crippen molar-refractivity contribution in [2.75, 3.05) is 33.8 Å². The molecule has 0 bridgehead atoms. The van der Waals surface area contributed by atoms with E-state index < -0.39 is 115 Å². The van der Waals surface area contributed by atoms with E-state index in [1.165, 1.54) is 25.9 Å². The van der Waals surface area contributed by atoms with E-state index >= 15 is 0 Å². The molecule has 3 fully saturated rings. The van der Waals surface area contributed by atoms with Gasteiger partial charge in [-0.25, -0.2) is 4.39 Å². The molecule has 8 atom stereocenters. The Labute approximate surface area is 375 Å². The fourth-order valence-corrected chi connectivity index (χ4v) is 8.57. The van der Waals surface area contributed by atoms with Crippen LogP contribution in [0.3, 0.4) is 0 Å². The third-order valence-corrected chi connectivity index (χ3v) is 12.4. The Bertz CT molecular complexity index is 1850. The van der Waals surface area contributed by atoms with Crippen molar-refractivity contribution >= 4 is 64.6 Å². The van der Waals surface area contributed by atoms with Crippen LogP contribution in [0.4, 0.5) is 17.6 Å². The lowest BCUT2D eigenvalue weighted by Crippen LogP contribution is -2.63. The van der Waals surface area contributed by atoms with Crippen LogP contribution in [-0.2, 0) is 44.7 Å². The summed E-state index contributed by atoms with van der Waals surface area (Å²) in [6, 6.07) is -3.09. The van der Waals surface area contributed by atoms with Crippen LogP contribution in [0.15, 0.2) is 18.2 Å². The van der Waals surface area contributed by atoms with Gasteiger partial charge >= 0.3 is 6.18 Å². The van der Waals surface area contributed by atoms with E-state index in [0.29, 0.717) is 21.9 Å². The number of hydrogen-bond acceptors (Lipinski definition) is 8. The topological polar surface area (TPSA) is 187 Å². The molecule has 3 saturated heterocycles. The lowest BCUT2D eigenvalue weighted by Gasteiger charge is -2.40. The van der Waals surface area contributed by atoms with Crippen LogP contribution in [0.25, 0.3) is 0 Å². The van der Waals surface area contributed by atoms with Crippen LogP contribution in [0.1, 0.15) is 91.0 Å². The van der Waals surface area contributed by atoms with Crippen molar-refractivity contribution in [1.29, 1.82) is 0 Å². The molecular weight excluding hydrogens is 877 g/mol. The third-order valence-electron chi connectivity index (χ3n) is 11.8. The Hall–Kier alpha value is -4.23. The van der Waals surface area contributed by atoms with Gasteiger partial charge in [0.05, 0.1) is 6.54 Å². The number of likely N-dealkylation sites (N-methyl/N-ethyl adjacent to an activating group) is 2. The maximum atomic E-state index is 14.9. The first-order chi connectivity index (χ1) is 29.5. The number of alkyl halides is 4. The van der Waals surface area contributed by atoms with Gasteiger partial charge in [-0.3, -0.25) is 33.6 Å². The molecule has 1 unspecified atom stereocenters. The minimum Gasteiger partial charge on any atom is -0.357 e. The number of hydrogen-bond donors (Lipinski definition) is 4.